The predicted molar refractivity (Wildman–Crippen MR) is 109 cm³/mol. The first-order valence-electron chi connectivity index (χ1n) is 9.04. The van der Waals surface area contributed by atoms with E-state index >= 15 is 0 Å². The van der Waals surface area contributed by atoms with Gasteiger partial charge in [-0.15, -0.1) is 0 Å². The molecular weight excluding hydrogens is 372 g/mol. The third kappa shape index (κ3) is 4.05. The number of hydrogen-bond acceptors (Lipinski definition) is 3. The summed E-state index contributed by atoms with van der Waals surface area (Å²) in [6.07, 6.45) is 7.80. The summed E-state index contributed by atoms with van der Waals surface area (Å²) in [6, 6.07) is 17.2. The number of carbonyl (C=O) groups is 1. The average Bonchev–Trinajstić information content (AvgIpc) is 3.15. The highest BCUT2D eigenvalue weighted by Crippen LogP contribution is 2.23. The Morgan fingerprint density at radius 1 is 1.07 bits per heavy atom. The van der Waals surface area contributed by atoms with Crippen LogP contribution in [-0.4, -0.2) is 20.3 Å². The van der Waals surface area contributed by atoms with Gasteiger partial charge in [0.25, 0.3) is 0 Å². The van der Waals surface area contributed by atoms with Crippen LogP contribution in [0.4, 0.5) is 0 Å². The number of pyridine rings is 2. The molecule has 5 nitrogen and oxygen atoms in total. The van der Waals surface area contributed by atoms with Crippen molar-refractivity contribution in [2.24, 2.45) is 0 Å². The molecule has 0 aliphatic rings. The number of aromatic nitrogens is 3. The summed E-state index contributed by atoms with van der Waals surface area (Å²) in [6.45, 7) is 0.359. The van der Waals surface area contributed by atoms with Gasteiger partial charge in [-0.3, -0.25) is 9.78 Å². The first-order chi connectivity index (χ1) is 13.7. The van der Waals surface area contributed by atoms with Crippen LogP contribution in [0.1, 0.15) is 22.9 Å². The lowest BCUT2D eigenvalue weighted by Crippen LogP contribution is -2.30. The van der Waals surface area contributed by atoms with Gasteiger partial charge in [0.1, 0.15) is 5.82 Å². The lowest BCUT2D eigenvalue weighted by molar-refractivity contribution is -0.122. The number of nitrogens with zero attached hydrogens (tertiary/aromatic N) is 3. The second kappa shape index (κ2) is 8.23. The third-order valence-corrected chi connectivity index (χ3v) is 4.97. The summed E-state index contributed by atoms with van der Waals surface area (Å²) in [5.74, 6) is 0.417. The van der Waals surface area contributed by atoms with Gasteiger partial charge in [-0.05, 0) is 53.9 Å². The molecule has 0 aliphatic carbocycles. The van der Waals surface area contributed by atoms with Crippen molar-refractivity contribution in [3.63, 3.8) is 0 Å². The van der Waals surface area contributed by atoms with Gasteiger partial charge in [0.05, 0.1) is 24.2 Å². The smallest absolute Gasteiger partial charge is 0.228 e. The Morgan fingerprint density at radius 3 is 2.64 bits per heavy atom. The minimum absolute atomic E-state index is 0.0492. The van der Waals surface area contributed by atoms with E-state index in [9.17, 15) is 4.79 Å². The van der Waals surface area contributed by atoms with Crippen molar-refractivity contribution < 1.29 is 4.79 Å². The topological polar surface area (TPSA) is 59.3 Å². The number of nitrogens with one attached hydrogen (secondary N) is 1. The monoisotopic (exact) mass is 390 g/mol. The number of carbonyl (C=O) groups excluding carboxylic acids is 1. The Balaban J connectivity index is 1.54. The zero-order valence-corrected chi connectivity index (χ0v) is 15.9. The van der Waals surface area contributed by atoms with Gasteiger partial charge >= 0.3 is 0 Å². The fraction of sp³-hybridized carbons (Fsp3) is 0.136. The molecule has 3 aromatic heterocycles. The third-order valence-electron chi connectivity index (χ3n) is 4.71. The van der Waals surface area contributed by atoms with Crippen molar-refractivity contribution in [2.45, 2.75) is 18.9 Å². The van der Waals surface area contributed by atoms with Gasteiger partial charge < -0.3 is 9.72 Å². The molecule has 28 heavy (non-hydrogen) atoms. The normalized spacial score (nSPS) is 12.0. The highest BCUT2D eigenvalue weighted by molar-refractivity contribution is 6.30. The number of fused-ring (bicyclic) bond motifs is 1. The zero-order valence-electron chi connectivity index (χ0n) is 15.1. The Bertz CT molecular complexity index is 1080. The minimum Gasteiger partial charge on any atom is -0.348 e. The van der Waals surface area contributed by atoms with Crippen LogP contribution in [0.2, 0.25) is 5.02 Å². The van der Waals surface area contributed by atoms with Crippen LogP contribution in [0, 0.1) is 0 Å². The van der Waals surface area contributed by atoms with E-state index in [1.54, 1.807) is 18.6 Å². The van der Waals surface area contributed by atoms with E-state index in [-0.39, 0.29) is 11.8 Å². The molecule has 6 heteroatoms. The maximum absolute atomic E-state index is 13.1. The van der Waals surface area contributed by atoms with E-state index in [0.717, 1.165) is 22.5 Å². The molecule has 0 bridgehead atoms. The fourth-order valence-corrected chi connectivity index (χ4v) is 3.36. The predicted octanol–water partition coefficient (Wildman–Crippen LogP) is 4.03. The van der Waals surface area contributed by atoms with Gasteiger partial charge in [0.15, 0.2) is 0 Å². The second-order valence-electron chi connectivity index (χ2n) is 6.55. The molecule has 0 fully saturated rings. The van der Waals surface area contributed by atoms with Crippen LogP contribution in [0.3, 0.4) is 0 Å². The Morgan fingerprint density at radius 2 is 1.86 bits per heavy atom. The quantitative estimate of drug-likeness (QED) is 0.540. The summed E-state index contributed by atoms with van der Waals surface area (Å²) in [7, 11) is 0. The number of rotatable bonds is 6. The maximum Gasteiger partial charge on any atom is 0.228 e. The number of hydrogen-bond donors (Lipinski definition) is 1. The highest BCUT2D eigenvalue weighted by atomic mass is 35.5. The van der Waals surface area contributed by atoms with Crippen LogP contribution in [0.25, 0.3) is 5.52 Å². The highest BCUT2D eigenvalue weighted by Gasteiger charge is 2.21. The summed E-state index contributed by atoms with van der Waals surface area (Å²) in [5.41, 5.74) is 2.97. The molecule has 1 amide bonds. The number of amides is 1. The van der Waals surface area contributed by atoms with E-state index < -0.39 is 0 Å². The van der Waals surface area contributed by atoms with Crippen molar-refractivity contribution >= 4 is 23.0 Å². The minimum atomic E-state index is -0.328. The van der Waals surface area contributed by atoms with E-state index in [1.807, 2.05) is 65.2 Å². The van der Waals surface area contributed by atoms with Gasteiger partial charge in [-0.25, -0.2) is 4.98 Å². The van der Waals surface area contributed by atoms with E-state index in [2.05, 4.69) is 15.3 Å². The molecule has 4 rings (SSSR count). The zero-order chi connectivity index (χ0) is 19.3. The Labute approximate surface area is 168 Å². The number of imidazole rings is 1. The molecule has 0 saturated carbocycles. The summed E-state index contributed by atoms with van der Waals surface area (Å²) in [4.78, 5) is 21.5. The second-order valence-corrected chi connectivity index (χ2v) is 6.99. The van der Waals surface area contributed by atoms with E-state index in [4.69, 9.17) is 11.6 Å². The first-order valence-corrected chi connectivity index (χ1v) is 9.41. The summed E-state index contributed by atoms with van der Waals surface area (Å²) >= 11 is 6.02. The van der Waals surface area contributed by atoms with Crippen LogP contribution in [0.15, 0.2) is 79.4 Å². The van der Waals surface area contributed by atoms with Gasteiger partial charge in [-0.2, -0.15) is 0 Å². The molecule has 0 spiro atoms. The van der Waals surface area contributed by atoms with Crippen molar-refractivity contribution in [3.8, 4) is 0 Å². The number of benzene rings is 1. The molecular formula is C22H19ClN4O. The molecule has 1 N–H and O–H groups in total. The Hall–Kier alpha value is -3.18. The number of halogens is 1. The van der Waals surface area contributed by atoms with Crippen molar-refractivity contribution in [1.29, 1.82) is 0 Å². The SMILES string of the molecule is O=C(NCc1ncc2ccccn12)C(Cc1ccncc1)c1ccc(Cl)cc1. The lowest BCUT2D eigenvalue weighted by Gasteiger charge is -2.17. The Kier molecular flexibility index (Phi) is 5.35. The molecule has 0 saturated heterocycles. The summed E-state index contributed by atoms with van der Waals surface area (Å²) < 4.78 is 1.97. The van der Waals surface area contributed by atoms with E-state index in [1.165, 1.54) is 0 Å². The standard InChI is InChI=1S/C22H19ClN4O/c23-18-6-4-17(5-7-18)20(13-16-8-10-24-11-9-16)22(28)26-15-21-25-14-19-3-1-2-12-27(19)21/h1-12,14,20H,13,15H2,(H,26,28). The lowest BCUT2D eigenvalue weighted by atomic mass is 9.91. The first kappa shape index (κ1) is 18.2. The largest absolute Gasteiger partial charge is 0.348 e. The molecule has 3 heterocycles. The van der Waals surface area contributed by atoms with Gasteiger partial charge in [-0.1, -0.05) is 29.8 Å². The molecule has 0 radical (unpaired) electrons. The molecule has 1 atom stereocenters. The van der Waals surface area contributed by atoms with Crippen LogP contribution in [0.5, 0.6) is 0 Å². The van der Waals surface area contributed by atoms with Crippen LogP contribution in [-0.2, 0) is 17.8 Å². The van der Waals surface area contributed by atoms with Crippen LogP contribution >= 0.6 is 11.6 Å². The van der Waals surface area contributed by atoms with Gasteiger partial charge in [0.2, 0.25) is 5.91 Å². The maximum atomic E-state index is 13.1. The molecule has 4 aromatic rings. The molecule has 1 unspecified atom stereocenters. The molecule has 1 aromatic carbocycles. The fourth-order valence-electron chi connectivity index (χ4n) is 3.23. The van der Waals surface area contributed by atoms with Crippen molar-refractivity contribution in [1.82, 2.24) is 19.7 Å². The van der Waals surface area contributed by atoms with Crippen LogP contribution < -0.4 is 5.32 Å². The van der Waals surface area contributed by atoms with E-state index in [0.29, 0.717) is 18.0 Å². The molecule has 0 aliphatic heterocycles. The average molecular weight is 391 g/mol. The summed E-state index contributed by atoms with van der Waals surface area (Å²) in [5, 5.41) is 3.69. The van der Waals surface area contributed by atoms with Crippen molar-refractivity contribution in [2.75, 3.05) is 0 Å². The van der Waals surface area contributed by atoms with Crippen molar-refractivity contribution in [3.05, 3.63) is 101 Å². The van der Waals surface area contributed by atoms with Gasteiger partial charge in [0, 0.05) is 23.6 Å². The molecule has 140 valence electrons.